The number of rotatable bonds is 4. The van der Waals surface area contributed by atoms with Crippen molar-refractivity contribution in [2.75, 3.05) is 17.6 Å². The molecule has 1 aliphatic rings. The van der Waals surface area contributed by atoms with Gasteiger partial charge in [-0.05, 0) is 36.5 Å². The number of hydrogen-bond acceptors (Lipinski definition) is 2. The van der Waals surface area contributed by atoms with Gasteiger partial charge in [0.25, 0.3) is 0 Å². The maximum absolute atomic E-state index is 5.94. The number of halogens is 1. The summed E-state index contributed by atoms with van der Waals surface area (Å²) < 4.78 is 1.07. The molecule has 3 N–H and O–H groups in total. The van der Waals surface area contributed by atoms with Crippen LogP contribution in [0.4, 0.5) is 11.4 Å². The van der Waals surface area contributed by atoms with Gasteiger partial charge in [0.05, 0.1) is 11.4 Å². The molecule has 2 rings (SSSR count). The first kappa shape index (κ1) is 13.7. The van der Waals surface area contributed by atoms with Crippen LogP contribution in [0.3, 0.4) is 0 Å². The van der Waals surface area contributed by atoms with Gasteiger partial charge in [-0.3, -0.25) is 0 Å². The summed E-state index contributed by atoms with van der Waals surface area (Å²) in [5, 5.41) is 3.46. The minimum atomic E-state index is 0.829. The van der Waals surface area contributed by atoms with E-state index in [0.717, 1.165) is 34.2 Å². The molecule has 100 valence electrons. The molecule has 0 bridgehead atoms. The number of anilines is 2. The quantitative estimate of drug-likeness (QED) is 0.794. The third kappa shape index (κ3) is 3.91. The number of nitrogens with two attached hydrogens (primary N) is 1. The van der Waals surface area contributed by atoms with Crippen LogP contribution in [0, 0.1) is 11.8 Å². The van der Waals surface area contributed by atoms with Crippen LogP contribution in [0.25, 0.3) is 0 Å². The smallest absolute Gasteiger partial charge is 0.0585 e. The Morgan fingerprint density at radius 3 is 2.72 bits per heavy atom. The van der Waals surface area contributed by atoms with E-state index < -0.39 is 0 Å². The lowest BCUT2D eigenvalue weighted by molar-refractivity contribution is 0.282. The maximum atomic E-state index is 5.94. The highest BCUT2D eigenvalue weighted by molar-refractivity contribution is 9.10. The molecule has 1 aromatic rings. The zero-order valence-corrected chi connectivity index (χ0v) is 12.7. The van der Waals surface area contributed by atoms with E-state index in [0.29, 0.717) is 0 Å². The van der Waals surface area contributed by atoms with E-state index >= 15 is 0 Å². The summed E-state index contributed by atoms with van der Waals surface area (Å²) in [6, 6.07) is 5.97. The van der Waals surface area contributed by atoms with Crippen molar-refractivity contribution in [3.63, 3.8) is 0 Å². The molecule has 1 aromatic carbocycles. The fraction of sp³-hybridized carbons (Fsp3) is 0.600. The summed E-state index contributed by atoms with van der Waals surface area (Å²) in [6.07, 6.45) is 6.87. The van der Waals surface area contributed by atoms with E-state index in [2.05, 4.69) is 34.2 Å². The summed E-state index contributed by atoms with van der Waals surface area (Å²) in [6.45, 7) is 3.40. The van der Waals surface area contributed by atoms with Gasteiger partial charge in [-0.1, -0.05) is 48.5 Å². The van der Waals surface area contributed by atoms with Crippen LogP contribution < -0.4 is 11.1 Å². The Balaban J connectivity index is 1.76. The zero-order valence-electron chi connectivity index (χ0n) is 11.1. The summed E-state index contributed by atoms with van der Waals surface area (Å²) in [5.41, 5.74) is 7.82. The van der Waals surface area contributed by atoms with Crippen molar-refractivity contribution in [1.29, 1.82) is 0 Å². The monoisotopic (exact) mass is 310 g/mol. The van der Waals surface area contributed by atoms with Gasteiger partial charge in [-0.2, -0.15) is 0 Å². The second-order valence-corrected chi connectivity index (χ2v) is 6.49. The lowest BCUT2D eigenvalue weighted by atomic mass is 9.81. The first-order chi connectivity index (χ1) is 8.65. The molecule has 0 amide bonds. The van der Waals surface area contributed by atoms with Crippen molar-refractivity contribution in [3.8, 4) is 0 Å². The molecule has 0 heterocycles. The molecule has 0 spiro atoms. The summed E-state index contributed by atoms with van der Waals surface area (Å²) in [5.74, 6) is 1.84. The predicted molar refractivity (Wildman–Crippen MR) is 82.8 cm³/mol. The zero-order chi connectivity index (χ0) is 13.0. The Morgan fingerprint density at radius 2 is 2.00 bits per heavy atom. The molecule has 0 aliphatic heterocycles. The van der Waals surface area contributed by atoms with E-state index in [-0.39, 0.29) is 0 Å². The SMILES string of the molecule is CC1CCC(CCNc2cc(Br)ccc2N)CC1. The van der Waals surface area contributed by atoms with Crippen molar-refractivity contribution in [2.45, 2.75) is 39.0 Å². The first-order valence-electron chi connectivity index (χ1n) is 6.94. The molecule has 0 aromatic heterocycles. The largest absolute Gasteiger partial charge is 0.397 e. The van der Waals surface area contributed by atoms with Crippen LogP contribution >= 0.6 is 15.9 Å². The van der Waals surface area contributed by atoms with E-state index in [1.807, 2.05) is 12.1 Å². The number of nitrogen functional groups attached to an aromatic ring is 1. The molecular formula is C15H23BrN2. The maximum Gasteiger partial charge on any atom is 0.0585 e. The molecule has 3 heteroatoms. The Labute approximate surface area is 118 Å². The Hall–Kier alpha value is -0.700. The minimum Gasteiger partial charge on any atom is -0.397 e. The average Bonchev–Trinajstić information content (AvgIpc) is 2.36. The van der Waals surface area contributed by atoms with Crippen LogP contribution in [-0.2, 0) is 0 Å². The van der Waals surface area contributed by atoms with E-state index in [4.69, 9.17) is 5.73 Å². The van der Waals surface area contributed by atoms with Crippen molar-refractivity contribution >= 4 is 27.3 Å². The Kier molecular flexibility index (Phi) is 4.93. The van der Waals surface area contributed by atoms with Gasteiger partial charge in [-0.15, -0.1) is 0 Å². The van der Waals surface area contributed by atoms with Gasteiger partial charge < -0.3 is 11.1 Å². The minimum absolute atomic E-state index is 0.829. The number of benzene rings is 1. The molecule has 1 saturated carbocycles. The van der Waals surface area contributed by atoms with Crippen molar-refractivity contribution in [3.05, 3.63) is 22.7 Å². The third-order valence-electron chi connectivity index (χ3n) is 4.02. The topological polar surface area (TPSA) is 38.0 Å². The van der Waals surface area contributed by atoms with Crippen LogP contribution in [0.1, 0.15) is 39.0 Å². The normalized spacial score (nSPS) is 23.9. The van der Waals surface area contributed by atoms with Crippen molar-refractivity contribution < 1.29 is 0 Å². The highest BCUT2D eigenvalue weighted by atomic mass is 79.9. The third-order valence-corrected chi connectivity index (χ3v) is 4.51. The summed E-state index contributed by atoms with van der Waals surface area (Å²) in [4.78, 5) is 0. The molecule has 2 nitrogen and oxygen atoms in total. The molecule has 0 unspecified atom stereocenters. The average molecular weight is 311 g/mol. The standard InChI is InChI=1S/C15H23BrN2/c1-11-2-4-12(5-3-11)8-9-18-15-10-13(16)6-7-14(15)17/h6-7,10-12,18H,2-5,8-9,17H2,1H3. The van der Waals surface area contributed by atoms with E-state index in [1.54, 1.807) is 0 Å². The van der Waals surface area contributed by atoms with Gasteiger partial charge in [0, 0.05) is 11.0 Å². The second-order valence-electron chi connectivity index (χ2n) is 5.57. The Morgan fingerprint density at radius 1 is 1.28 bits per heavy atom. The molecule has 0 radical (unpaired) electrons. The second kappa shape index (κ2) is 6.46. The van der Waals surface area contributed by atoms with Crippen molar-refractivity contribution in [2.24, 2.45) is 11.8 Å². The summed E-state index contributed by atoms with van der Waals surface area (Å²) >= 11 is 3.48. The highest BCUT2D eigenvalue weighted by Crippen LogP contribution is 2.30. The lowest BCUT2D eigenvalue weighted by Crippen LogP contribution is -2.16. The number of nitrogens with one attached hydrogen (secondary N) is 1. The molecule has 18 heavy (non-hydrogen) atoms. The van der Waals surface area contributed by atoms with Gasteiger partial charge in [0.1, 0.15) is 0 Å². The van der Waals surface area contributed by atoms with Gasteiger partial charge in [0.15, 0.2) is 0 Å². The molecule has 0 atom stereocenters. The Bertz CT molecular complexity index is 384. The van der Waals surface area contributed by atoms with Crippen molar-refractivity contribution in [1.82, 2.24) is 0 Å². The molecule has 1 aliphatic carbocycles. The van der Waals surface area contributed by atoms with Crippen LogP contribution in [0.2, 0.25) is 0 Å². The van der Waals surface area contributed by atoms with Gasteiger partial charge in [0.2, 0.25) is 0 Å². The van der Waals surface area contributed by atoms with Gasteiger partial charge in [-0.25, -0.2) is 0 Å². The highest BCUT2D eigenvalue weighted by Gasteiger charge is 2.17. The molecule has 1 fully saturated rings. The fourth-order valence-corrected chi connectivity index (χ4v) is 3.07. The molecule has 0 saturated heterocycles. The first-order valence-corrected chi connectivity index (χ1v) is 7.73. The lowest BCUT2D eigenvalue weighted by Gasteiger charge is -2.26. The van der Waals surface area contributed by atoms with E-state index in [1.165, 1.54) is 32.1 Å². The number of hydrogen-bond donors (Lipinski definition) is 2. The van der Waals surface area contributed by atoms with Crippen LogP contribution in [0.5, 0.6) is 0 Å². The van der Waals surface area contributed by atoms with E-state index in [9.17, 15) is 0 Å². The fourth-order valence-electron chi connectivity index (χ4n) is 2.71. The predicted octanol–water partition coefficient (Wildman–Crippen LogP) is 4.66. The van der Waals surface area contributed by atoms with Gasteiger partial charge >= 0.3 is 0 Å². The van der Waals surface area contributed by atoms with Crippen LogP contribution in [-0.4, -0.2) is 6.54 Å². The van der Waals surface area contributed by atoms with Crippen LogP contribution in [0.15, 0.2) is 22.7 Å². The summed E-state index contributed by atoms with van der Waals surface area (Å²) in [7, 11) is 0. The molecular weight excluding hydrogens is 288 g/mol.